The second-order valence-electron chi connectivity index (χ2n) is 7.34. The molecule has 0 saturated carbocycles. The zero-order valence-corrected chi connectivity index (χ0v) is 15.0. The van der Waals surface area contributed by atoms with Gasteiger partial charge in [0.2, 0.25) is 0 Å². The van der Waals surface area contributed by atoms with Gasteiger partial charge in [0.1, 0.15) is 30.3 Å². The first-order valence-electron chi connectivity index (χ1n) is 8.88. The SMILES string of the molecule is Cc1ncnc2c1ccn2[C@@H]1O[C@@H](c2ccccc2)[C@H]2OC(C)(C)O[C@H]21. The van der Waals surface area contributed by atoms with Gasteiger partial charge in [-0.15, -0.1) is 0 Å². The fourth-order valence-corrected chi connectivity index (χ4v) is 4.01. The highest BCUT2D eigenvalue weighted by Crippen LogP contribution is 2.49. The van der Waals surface area contributed by atoms with Crippen LogP contribution >= 0.6 is 0 Å². The molecule has 134 valence electrons. The van der Waals surface area contributed by atoms with Gasteiger partial charge in [0.15, 0.2) is 12.0 Å². The summed E-state index contributed by atoms with van der Waals surface area (Å²) in [5.74, 6) is -0.641. The summed E-state index contributed by atoms with van der Waals surface area (Å²) in [6.45, 7) is 5.88. The minimum atomic E-state index is -0.641. The lowest BCUT2D eigenvalue weighted by Crippen LogP contribution is -2.27. The molecule has 3 aromatic rings. The number of benzene rings is 1. The summed E-state index contributed by atoms with van der Waals surface area (Å²) in [6, 6.07) is 12.2. The highest BCUT2D eigenvalue weighted by atomic mass is 16.8. The molecule has 4 atom stereocenters. The predicted octanol–water partition coefficient (Wildman–Crippen LogP) is 3.53. The summed E-state index contributed by atoms with van der Waals surface area (Å²) >= 11 is 0. The lowest BCUT2D eigenvalue weighted by Gasteiger charge is -2.25. The van der Waals surface area contributed by atoms with E-state index in [1.165, 1.54) is 0 Å². The molecule has 0 amide bonds. The highest BCUT2D eigenvalue weighted by molar-refractivity contribution is 5.78. The second kappa shape index (κ2) is 5.61. The van der Waals surface area contributed by atoms with Gasteiger partial charge in [-0.1, -0.05) is 30.3 Å². The Labute approximate surface area is 151 Å². The number of ether oxygens (including phenoxy) is 3. The molecule has 0 bridgehead atoms. The van der Waals surface area contributed by atoms with Crippen molar-refractivity contribution in [2.75, 3.05) is 0 Å². The van der Waals surface area contributed by atoms with Crippen LogP contribution in [0.15, 0.2) is 48.9 Å². The summed E-state index contributed by atoms with van der Waals surface area (Å²) in [5.41, 5.74) is 2.89. The summed E-state index contributed by atoms with van der Waals surface area (Å²) in [5, 5.41) is 1.02. The van der Waals surface area contributed by atoms with Crippen LogP contribution in [-0.2, 0) is 14.2 Å². The lowest BCUT2D eigenvalue weighted by molar-refractivity contribution is -0.197. The third-order valence-corrected chi connectivity index (χ3v) is 5.14. The Morgan fingerprint density at radius 2 is 1.77 bits per heavy atom. The number of aromatic nitrogens is 3. The van der Waals surface area contributed by atoms with Crippen molar-refractivity contribution in [3.63, 3.8) is 0 Å². The van der Waals surface area contributed by atoms with Crippen LogP contribution < -0.4 is 0 Å². The van der Waals surface area contributed by atoms with Gasteiger partial charge in [-0.05, 0) is 32.4 Å². The molecule has 0 unspecified atom stereocenters. The molecule has 2 fully saturated rings. The van der Waals surface area contributed by atoms with Crippen molar-refractivity contribution in [2.24, 2.45) is 0 Å². The van der Waals surface area contributed by atoms with Gasteiger partial charge < -0.3 is 18.8 Å². The van der Waals surface area contributed by atoms with Gasteiger partial charge in [0, 0.05) is 11.6 Å². The number of aryl methyl sites for hydroxylation is 1. The van der Waals surface area contributed by atoms with Gasteiger partial charge in [0.25, 0.3) is 0 Å². The number of rotatable bonds is 2. The van der Waals surface area contributed by atoms with Crippen LogP contribution in [0.3, 0.4) is 0 Å². The van der Waals surface area contributed by atoms with Crippen molar-refractivity contribution in [2.45, 2.75) is 51.1 Å². The second-order valence-corrected chi connectivity index (χ2v) is 7.34. The molecule has 26 heavy (non-hydrogen) atoms. The topological polar surface area (TPSA) is 58.4 Å². The normalized spacial score (nSPS) is 30.0. The quantitative estimate of drug-likeness (QED) is 0.707. The van der Waals surface area contributed by atoms with Crippen molar-refractivity contribution < 1.29 is 14.2 Å². The van der Waals surface area contributed by atoms with Crippen LogP contribution in [0.25, 0.3) is 11.0 Å². The maximum atomic E-state index is 6.45. The Bertz CT molecular complexity index is 953. The van der Waals surface area contributed by atoms with Gasteiger partial charge in [-0.2, -0.15) is 0 Å². The zero-order chi connectivity index (χ0) is 17.9. The minimum Gasteiger partial charge on any atom is -0.344 e. The summed E-state index contributed by atoms with van der Waals surface area (Å²) in [6.07, 6.45) is 2.72. The molecule has 6 heteroatoms. The molecule has 2 aliphatic heterocycles. The van der Waals surface area contributed by atoms with Crippen LogP contribution in [0, 0.1) is 6.92 Å². The van der Waals surface area contributed by atoms with E-state index in [-0.39, 0.29) is 24.5 Å². The van der Waals surface area contributed by atoms with Crippen molar-refractivity contribution in [1.82, 2.24) is 14.5 Å². The van der Waals surface area contributed by atoms with Gasteiger partial charge in [0.05, 0.1) is 5.69 Å². The maximum Gasteiger partial charge on any atom is 0.165 e. The van der Waals surface area contributed by atoms with E-state index in [9.17, 15) is 0 Å². The number of hydrogen-bond acceptors (Lipinski definition) is 5. The Morgan fingerprint density at radius 3 is 2.58 bits per heavy atom. The van der Waals surface area contributed by atoms with E-state index < -0.39 is 5.79 Å². The zero-order valence-electron chi connectivity index (χ0n) is 15.0. The van der Waals surface area contributed by atoms with Crippen LogP contribution in [0.5, 0.6) is 0 Å². The fraction of sp³-hybridized carbons (Fsp3) is 0.400. The predicted molar refractivity (Wildman–Crippen MR) is 95.4 cm³/mol. The Hall–Kier alpha value is -2.28. The highest BCUT2D eigenvalue weighted by Gasteiger charge is 2.56. The maximum absolute atomic E-state index is 6.45. The van der Waals surface area contributed by atoms with E-state index in [1.54, 1.807) is 6.33 Å². The fourth-order valence-electron chi connectivity index (χ4n) is 4.01. The number of hydrogen-bond donors (Lipinski definition) is 0. The van der Waals surface area contributed by atoms with Crippen LogP contribution in [0.2, 0.25) is 0 Å². The molecule has 2 saturated heterocycles. The van der Waals surface area contributed by atoms with E-state index in [2.05, 4.69) is 22.1 Å². The van der Waals surface area contributed by atoms with Crippen LogP contribution in [0.4, 0.5) is 0 Å². The average Bonchev–Trinajstić information content (AvgIpc) is 3.27. The van der Waals surface area contributed by atoms with Crippen LogP contribution in [-0.4, -0.2) is 32.5 Å². The first-order valence-corrected chi connectivity index (χ1v) is 8.88. The van der Waals surface area contributed by atoms with Gasteiger partial charge >= 0.3 is 0 Å². The largest absolute Gasteiger partial charge is 0.344 e. The van der Waals surface area contributed by atoms with E-state index in [1.807, 2.05) is 55.8 Å². The van der Waals surface area contributed by atoms with E-state index in [4.69, 9.17) is 14.2 Å². The molecule has 2 aliphatic rings. The van der Waals surface area contributed by atoms with E-state index in [0.29, 0.717) is 0 Å². The van der Waals surface area contributed by atoms with Gasteiger partial charge in [-0.25, -0.2) is 9.97 Å². The number of fused-ring (bicyclic) bond motifs is 2. The van der Waals surface area contributed by atoms with Crippen molar-refractivity contribution >= 4 is 11.0 Å². The summed E-state index contributed by atoms with van der Waals surface area (Å²) < 4.78 is 20.9. The summed E-state index contributed by atoms with van der Waals surface area (Å²) in [4.78, 5) is 8.75. The Balaban J connectivity index is 1.59. The molecule has 0 aliphatic carbocycles. The lowest BCUT2D eigenvalue weighted by atomic mass is 10.0. The molecule has 2 aromatic heterocycles. The molecule has 0 spiro atoms. The molecule has 6 nitrogen and oxygen atoms in total. The Morgan fingerprint density at radius 1 is 1.00 bits per heavy atom. The van der Waals surface area contributed by atoms with Crippen molar-refractivity contribution in [3.8, 4) is 0 Å². The first-order chi connectivity index (χ1) is 12.5. The van der Waals surface area contributed by atoms with E-state index in [0.717, 1.165) is 22.3 Å². The molecule has 0 N–H and O–H groups in total. The molecule has 5 rings (SSSR count). The third-order valence-electron chi connectivity index (χ3n) is 5.14. The standard InChI is InChI=1S/C20H21N3O3/c1-12-14-9-10-23(18(14)22-11-21-12)19-17-16(25-20(2,3)26-17)15(24-19)13-7-5-4-6-8-13/h4-11,15-17,19H,1-3H3/t15-,16+,17+,19+/m0/s1. The van der Waals surface area contributed by atoms with Crippen molar-refractivity contribution in [3.05, 3.63) is 60.2 Å². The number of nitrogens with zero attached hydrogens (tertiary/aromatic N) is 3. The van der Waals surface area contributed by atoms with Crippen LogP contribution in [0.1, 0.15) is 37.4 Å². The minimum absolute atomic E-state index is 0.169. The summed E-state index contributed by atoms with van der Waals surface area (Å²) in [7, 11) is 0. The third kappa shape index (κ3) is 2.37. The Kier molecular flexibility index (Phi) is 3.44. The van der Waals surface area contributed by atoms with Crippen molar-refractivity contribution in [1.29, 1.82) is 0 Å². The first kappa shape index (κ1) is 15.9. The molecule has 1 aromatic carbocycles. The molecule has 4 heterocycles. The monoisotopic (exact) mass is 351 g/mol. The smallest absolute Gasteiger partial charge is 0.165 e. The molecule has 0 radical (unpaired) electrons. The molecular formula is C20H21N3O3. The molecular weight excluding hydrogens is 330 g/mol. The average molecular weight is 351 g/mol. The van der Waals surface area contributed by atoms with Gasteiger partial charge in [-0.3, -0.25) is 0 Å². The van der Waals surface area contributed by atoms with E-state index >= 15 is 0 Å².